The smallest absolute Gasteiger partial charge is 0.282 e. The number of benzene rings is 1. The first-order chi connectivity index (χ1) is 8.24. The van der Waals surface area contributed by atoms with E-state index in [-0.39, 0.29) is 5.56 Å². The summed E-state index contributed by atoms with van der Waals surface area (Å²) in [6, 6.07) is 10.5. The quantitative estimate of drug-likeness (QED) is 0.839. The van der Waals surface area contributed by atoms with Gasteiger partial charge in [0.1, 0.15) is 17.4 Å². The Morgan fingerprint density at radius 2 is 2.06 bits per heavy atom. The van der Waals surface area contributed by atoms with E-state index in [1.165, 1.54) is 6.07 Å². The molecule has 1 aromatic heterocycles. The van der Waals surface area contributed by atoms with Crippen LogP contribution in [0.25, 0.3) is 11.3 Å². The summed E-state index contributed by atoms with van der Waals surface area (Å²) in [4.78, 5) is 11.2. The highest BCUT2D eigenvalue weighted by molar-refractivity contribution is 5.60. The topological polar surface area (TPSA) is 78.8 Å². The molecule has 2 rings (SSSR count). The maximum Gasteiger partial charge on any atom is 0.282 e. The van der Waals surface area contributed by atoms with Gasteiger partial charge in [0.2, 0.25) is 0 Å². The molecule has 0 aliphatic heterocycles. The van der Waals surface area contributed by atoms with Gasteiger partial charge in [-0.3, -0.25) is 4.79 Å². The second-order valence-electron chi connectivity index (χ2n) is 3.34. The molecular formula is C12H9N3O2. The summed E-state index contributed by atoms with van der Waals surface area (Å²) in [5.41, 5.74) is 0.915. The first-order valence-electron chi connectivity index (χ1n) is 4.89. The average molecular weight is 227 g/mol. The standard InChI is InChI=1S/C12H9N3O2/c1-17-10-4-2-8(3-5-10)11-6-9(7-13)12(16)15-14-11/h2-6H,1H3,(H,15,16). The number of nitrogens with one attached hydrogen (secondary N) is 1. The van der Waals surface area contributed by atoms with Gasteiger partial charge in [0.25, 0.3) is 5.56 Å². The summed E-state index contributed by atoms with van der Waals surface area (Å²) in [5, 5.41) is 14.9. The molecule has 0 radical (unpaired) electrons. The minimum absolute atomic E-state index is 0.0471. The van der Waals surface area contributed by atoms with Crippen LogP contribution in [0.5, 0.6) is 5.75 Å². The third kappa shape index (κ3) is 2.16. The predicted octanol–water partition coefficient (Wildman–Crippen LogP) is 1.32. The van der Waals surface area contributed by atoms with Crippen LogP contribution in [0.4, 0.5) is 0 Å². The molecule has 2 aromatic rings. The molecule has 0 aliphatic carbocycles. The second-order valence-corrected chi connectivity index (χ2v) is 3.34. The van der Waals surface area contributed by atoms with Gasteiger partial charge in [-0.05, 0) is 30.3 Å². The van der Waals surface area contributed by atoms with E-state index in [4.69, 9.17) is 10.00 Å². The number of rotatable bonds is 2. The fourth-order valence-electron chi connectivity index (χ4n) is 1.40. The Hall–Kier alpha value is -2.61. The maximum atomic E-state index is 11.2. The molecular weight excluding hydrogens is 218 g/mol. The highest BCUT2D eigenvalue weighted by atomic mass is 16.5. The lowest BCUT2D eigenvalue weighted by atomic mass is 10.1. The average Bonchev–Trinajstić information content (AvgIpc) is 2.39. The number of methoxy groups -OCH3 is 1. The number of H-pyrrole nitrogens is 1. The van der Waals surface area contributed by atoms with Crippen LogP contribution in [0.15, 0.2) is 35.1 Å². The van der Waals surface area contributed by atoms with Crippen LogP contribution in [0, 0.1) is 11.3 Å². The first-order valence-corrected chi connectivity index (χ1v) is 4.89. The maximum absolute atomic E-state index is 11.2. The Labute approximate surface area is 97.3 Å². The summed E-state index contributed by atoms with van der Waals surface area (Å²) >= 11 is 0. The van der Waals surface area contributed by atoms with E-state index >= 15 is 0 Å². The van der Waals surface area contributed by atoms with E-state index < -0.39 is 5.56 Å². The van der Waals surface area contributed by atoms with Gasteiger partial charge in [-0.2, -0.15) is 10.4 Å². The van der Waals surface area contributed by atoms with E-state index in [1.54, 1.807) is 31.4 Å². The molecule has 0 atom stereocenters. The lowest BCUT2D eigenvalue weighted by Crippen LogP contribution is -2.11. The van der Waals surface area contributed by atoms with Crippen molar-refractivity contribution >= 4 is 0 Å². The minimum atomic E-state index is -0.482. The molecule has 0 saturated heterocycles. The van der Waals surface area contributed by atoms with Crippen LogP contribution >= 0.6 is 0 Å². The molecule has 1 heterocycles. The van der Waals surface area contributed by atoms with Crippen molar-refractivity contribution in [2.24, 2.45) is 0 Å². The number of hydrogen-bond acceptors (Lipinski definition) is 4. The Morgan fingerprint density at radius 1 is 1.35 bits per heavy atom. The first kappa shape index (κ1) is 10.9. The Balaban J connectivity index is 2.46. The summed E-state index contributed by atoms with van der Waals surface area (Å²) in [7, 11) is 1.58. The molecule has 1 aromatic carbocycles. The summed E-state index contributed by atoms with van der Waals surface area (Å²) in [5.74, 6) is 0.735. The van der Waals surface area contributed by atoms with Crippen LogP contribution in [0.3, 0.4) is 0 Å². The summed E-state index contributed by atoms with van der Waals surface area (Å²) < 4.78 is 5.04. The zero-order chi connectivity index (χ0) is 12.3. The van der Waals surface area contributed by atoms with Crippen molar-refractivity contribution in [2.75, 3.05) is 7.11 Å². The number of aromatic amines is 1. The SMILES string of the molecule is COc1ccc(-c2cc(C#N)c(=O)[nH]n2)cc1. The van der Waals surface area contributed by atoms with Crippen molar-refractivity contribution in [3.63, 3.8) is 0 Å². The molecule has 5 nitrogen and oxygen atoms in total. The van der Waals surface area contributed by atoms with E-state index in [0.29, 0.717) is 5.69 Å². The van der Waals surface area contributed by atoms with Gasteiger partial charge >= 0.3 is 0 Å². The normalized spacial score (nSPS) is 9.65. The van der Waals surface area contributed by atoms with Gasteiger partial charge in [0, 0.05) is 5.56 Å². The van der Waals surface area contributed by atoms with Gasteiger partial charge in [-0.15, -0.1) is 0 Å². The van der Waals surface area contributed by atoms with E-state index in [1.807, 2.05) is 6.07 Å². The van der Waals surface area contributed by atoms with Crippen molar-refractivity contribution in [3.05, 3.63) is 46.2 Å². The summed E-state index contributed by atoms with van der Waals surface area (Å²) in [6.07, 6.45) is 0. The largest absolute Gasteiger partial charge is 0.497 e. The van der Waals surface area contributed by atoms with E-state index in [0.717, 1.165) is 11.3 Å². The van der Waals surface area contributed by atoms with Crippen LogP contribution in [0.2, 0.25) is 0 Å². The number of nitriles is 1. The molecule has 0 unspecified atom stereocenters. The predicted molar refractivity (Wildman–Crippen MR) is 61.6 cm³/mol. The van der Waals surface area contributed by atoms with Crippen molar-refractivity contribution in [3.8, 4) is 23.1 Å². The molecule has 0 saturated carbocycles. The molecule has 0 fully saturated rings. The third-order valence-electron chi connectivity index (χ3n) is 2.31. The van der Waals surface area contributed by atoms with Crippen molar-refractivity contribution < 1.29 is 4.74 Å². The molecule has 0 bridgehead atoms. The lowest BCUT2D eigenvalue weighted by molar-refractivity contribution is 0.415. The zero-order valence-corrected chi connectivity index (χ0v) is 9.10. The molecule has 5 heteroatoms. The molecule has 84 valence electrons. The van der Waals surface area contributed by atoms with Crippen molar-refractivity contribution in [1.29, 1.82) is 5.26 Å². The Kier molecular flexibility index (Phi) is 2.88. The fraction of sp³-hybridized carbons (Fsp3) is 0.0833. The number of hydrogen-bond donors (Lipinski definition) is 1. The van der Waals surface area contributed by atoms with Crippen LogP contribution in [-0.2, 0) is 0 Å². The fourth-order valence-corrected chi connectivity index (χ4v) is 1.40. The van der Waals surface area contributed by atoms with Gasteiger partial charge in [0.05, 0.1) is 12.8 Å². The zero-order valence-electron chi connectivity index (χ0n) is 9.10. The lowest BCUT2D eigenvalue weighted by Gasteiger charge is -2.02. The van der Waals surface area contributed by atoms with Gasteiger partial charge in [0.15, 0.2) is 0 Å². The minimum Gasteiger partial charge on any atom is -0.497 e. The van der Waals surface area contributed by atoms with E-state index in [9.17, 15) is 4.79 Å². The van der Waals surface area contributed by atoms with E-state index in [2.05, 4.69) is 10.2 Å². The number of nitrogens with zero attached hydrogens (tertiary/aromatic N) is 2. The van der Waals surface area contributed by atoms with Crippen LogP contribution in [-0.4, -0.2) is 17.3 Å². The molecule has 17 heavy (non-hydrogen) atoms. The summed E-state index contributed by atoms with van der Waals surface area (Å²) in [6.45, 7) is 0. The Morgan fingerprint density at radius 3 is 2.65 bits per heavy atom. The molecule has 0 spiro atoms. The monoisotopic (exact) mass is 227 g/mol. The van der Waals surface area contributed by atoms with Crippen LogP contribution < -0.4 is 10.3 Å². The number of aromatic nitrogens is 2. The molecule has 1 N–H and O–H groups in total. The highest BCUT2D eigenvalue weighted by Gasteiger charge is 2.04. The number of ether oxygens (including phenoxy) is 1. The van der Waals surface area contributed by atoms with Crippen LogP contribution in [0.1, 0.15) is 5.56 Å². The second kappa shape index (κ2) is 4.49. The van der Waals surface area contributed by atoms with Gasteiger partial charge < -0.3 is 4.74 Å². The van der Waals surface area contributed by atoms with Gasteiger partial charge in [-0.1, -0.05) is 0 Å². The Bertz CT molecular complexity index is 623. The highest BCUT2D eigenvalue weighted by Crippen LogP contribution is 2.19. The molecule has 0 aliphatic rings. The van der Waals surface area contributed by atoms with Crippen molar-refractivity contribution in [2.45, 2.75) is 0 Å². The van der Waals surface area contributed by atoms with Crippen molar-refractivity contribution in [1.82, 2.24) is 10.2 Å². The van der Waals surface area contributed by atoms with Gasteiger partial charge in [-0.25, -0.2) is 5.10 Å². The molecule has 0 amide bonds. The third-order valence-corrected chi connectivity index (χ3v) is 2.31.